The molecule has 1 heterocycles. The zero-order valence-electron chi connectivity index (χ0n) is 12.3. The van der Waals surface area contributed by atoms with Gasteiger partial charge in [-0.05, 0) is 50.3 Å². The summed E-state index contributed by atoms with van der Waals surface area (Å²) in [7, 11) is 0. The van der Waals surface area contributed by atoms with Gasteiger partial charge in [-0.25, -0.2) is 0 Å². The van der Waals surface area contributed by atoms with Gasteiger partial charge in [0.25, 0.3) is 0 Å². The molecule has 0 saturated heterocycles. The third-order valence-electron chi connectivity index (χ3n) is 4.17. The number of hydrogen-bond acceptors (Lipinski definition) is 2. The molecule has 1 aliphatic rings. The SMILES string of the molecule is Cc1cccc(C2CC(NCc3cccc(C)n3)C2)c1. The Morgan fingerprint density at radius 1 is 1.10 bits per heavy atom. The molecule has 0 atom stereocenters. The number of hydrogen-bond donors (Lipinski definition) is 1. The van der Waals surface area contributed by atoms with Crippen LogP contribution in [0, 0.1) is 13.8 Å². The predicted molar refractivity (Wildman–Crippen MR) is 82.8 cm³/mol. The van der Waals surface area contributed by atoms with Crippen molar-refractivity contribution in [3.8, 4) is 0 Å². The third kappa shape index (κ3) is 3.07. The number of nitrogens with zero attached hydrogens (tertiary/aromatic N) is 1. The standard InChI is InChI=1S/C18H22N2/c1-13-5-3-7-15(9-13)16-10-18(11-16)19-12-17-8-4-6-14(2)20-17/h3-9,16,18-19H,10-12H2,1-2H3. The van der Waals surface area contributed by atoms with Crippen molar-refractivity contribution in [3.63, 3.8) is 0 Å². The number of aryl methyl sites for hydroxylation is 2. The molecule has 20 heavy (non-hydrogen) atoms. The second-order valence-electron chi connectivity index (χ2n) is 5.93. The van der Waals surface area contributed by atoms with Gasteiger partial charge in [0, 0.05) is 18.3 Å². The maximum atomic E-state index is 4.53. The lowest BCUT2D eigenvalue weighted by molar-refractivity contribution is 0.288. The van der Waals surface area contributed by atoms with Crippen LogP contribution >= 0.6 is 0 Å². The molecule has 2 heteroatoms. The largest absolute Gasteiger partial charge is 0.308 e. The van der Waals surface area contributed by atoms with Gasteiger partial charge < -0.3 is 5.32 Å². The van der Waals surface area contributed by atoms with Gasteiger partial charge in [0.1, 0.15) is 0 Å². The molecule has 2 aromatic rings. The van der Waals surface area contributed by atoms with E-state index in [9.17, 15) is 0 Å². The Balaban J connectivity index is 1.49. The first-order valence-electron chi connectivity index (χ1n) is 7.43. The Kier molecular flexibility index (Phi) is 3.83. The Morgan fingerprint density at radius 2 is 1.90 bits per heavy atom. The monoisotopic (exact) mass is 266 g/mol. The van der Waals surface area contributed by atoms with Gasteiger partial charge in [-0.1, -0.05) is 35.9 Å². The van der Waals surface area contributed by atoms with Gasteiger partial charge in [-0.15, -0.1) is 0 Å². The van der Waals surface area contributed by atoms with E-state index in [1.54, 1.807) is 0 Å². The quantitative estimate of drug-likeness (QED) is 0.912. The van der Waals surface area contributed by atoms with Crippen molar-refractivity contribution in [2.75, 3.05) is 0 Å². The molecule has 0 amide bonds. The Bertz CT molecular complexity index is 583. The van der Waals surface area contributed by atoms with Crippen LogP contribution in [0.1, 0.15) is 41.3 Å². The van der Waals surface area contributed by atoms with Gasteiger partial charge in [-0.3, -0.25) is 4.98 Å². The second-order valence-corrected chi connectivity index (χ2v) is 5.93. The highest BCUT2D eigenvalue weighted by molar-refractivity contribution is 5.27. The van der Waals surface area contributed by atoms with Crippen molar-refractivity contribution in [2.24, 2.45) is 0 Å². The third-order valence-corrected chi connectivity index (χ3v) is 4.17. The minimum Gasteiger partial charge on any atom is -0.308 e. The highest BCUT2D eigenvalue weighted by atomic mass is 14.9. The summed E-state index contributed by atoms with van der Waals surface area (Å²) in [5.41, 5.74) is 5.10. The fraction of sp³-hybridized carbons (Fsp3) is 0.389. The van der Waals surface area contributed by atoms with Crippen molar-refractivity contribution in [2.45, 2.75) is 45.2 Å². The molecule has 1 aromatic heterocycles. The second kappa shape index (κ2) is 5.76. The van der Waals surface area contributed by atoms with Crippen molar-refractivity contribution in [3.05, 3.63) is 65.0 Å². The van der Waals surface area contributed by atoms with E-state index in [0.29, 0.717) is 6.04 Å². The van der Waals surface area contributed by atoms with E-state index in [-0.39, 0.29) is 0 Å². The number of rotatable bonds is 4. The zero-order valence-corrected chi connectivity index (χ0v) is 12.3. The minimum absolute atomic E-state index is 0.642. The molecule has 0 unspecified atom stereocenters. The number of pyridine rings is 1. The fourth-order valence-electron chi connectivity index (χ4n) is 2.93. The van der Waals surface area contributed by atoms with E-state index in [1.807, 2.05) is 13.0 Å². The summed E-state index contributed by atoms with van der Waals surface area (Å²) in [6.45, 7) is 5.09. The predicted octanol–water partition coefficient (Wildman–Crippen LogP) is 3.73. The van der Waals surface area contributed by atoms with E-state index >= 15 is 0 Å². The first kappa shape index (κ1) is 13.3. The van der Waals surface area contributed by atoms with Gasteiger partial charge in [0.05, 0.1) is 5.69 Å². The van der Waals surface area contributed by atoms with Crippen LogP contribution in [0.3, 0.4) is 0 Å². The van der Waals surface area contributed by atoms with Gasteiger partial charge >= 0.3 is 0 Å². The van der Waals surface area contributed by atoms with Crippen LogP contribution < -0.4 is 5.32 Å². The van der Waals surface area contributed by atoms with Crippen LogP contribution in [0.4, 0.5) is 0 Å². The molecule has 0 spiro atoms. The summed E-state index contributed by atoms with van der Waals surface area (Å²) < 4.78 is 0. The van der Waals surface area contributed by atoms with Crippen molar-refractivity contribution in [1.82, 2.24) is 10.3 Å². The molecule has 0 radical (unpaired) electrons. The molecule has 1 aromatic carbocycles. The summed E-state index contributed by atoms with van der Waals surface area (Å²) in [6, 6.07) is 15.8. The molecule has 1 N–H and O–H groups in total. The molecule has 1 aliphatic carbocycles. The van der Waals surface area contributed by atoms with Crippen LogP contribution in [-0.2, 0) is 6.54 Å². The van der Waals surface area contributed by atoms with E-state index in [0.717, 1.165) is 23.9 Å². The molecule has 1 saturated carbocycles. The van der Waals surface area contributed by atoms with Crippen LogP contribution in [0.5, 0.6) is 0 Å². The van der Waals surface area contributed by atoms with Crippen molar-refractivity contribution in [1.29, 1.82) is 0 Å². The van der Waals surface area contributed by atoms with E-state index in [1.165, 1.54) is 24.0 Å². The summed E-state index contributed by atoms with van der Waals surface area (Å²) in [5, 5.41) is 3.61. The van der Waals surface area contributed by atoms with Gasteiger partial charge in [0.15, 0.2) is 0 Å². The Labute approximate surface area is 121 Å². The van der Waals surface area contributed by atoms with E-state index in [2.05, 4.69) is 53.6 Å². The Morgan fingerprint density at radius 3 is 2.65 bits per heavy atom. The van der Waals surface area contributed by atoms with Gasteiger partial charge in [0.2, 0.25) is 0 Å². The zero-order chi connectivity index (χ0) is 13.9. The lowest BCUT2D eigenvalue weighted by atomic mass is 9.75. The van der Waals surface area contributed by atoms with Gasteiger partial charge in [-0.2, -0.15) is 0 Å². The normalized spacial score (nSPS) is 21.5. The Hall–Kier alpha value is -1.67. The smallest absolute Gasteiger partial charge is 0.0544 e. The number of benzene rings is 1. The lowest BCUT2D eigenvalue weighted by Crippen LogP contribution is -2.39. The molecule has 1 fully saturated rings. The molecule has 3 rings (SSSR count). The summed E-state index contributed by atoms with van der Waals surface area (Å²) in [4.78, 5) is 4.53. The fourth-order valence-corrected chi connectivity index (χ4v) is 2.93. The first-order valence-corrected chi connectivity index (χ1v) is 7.43. The minimum atomic E-state index is 0.642. The average molecular weight is 266 g/mol. The number of aromatic nitrogens is 1. The van der Waals surface area contributed by atoms with Crippen LogP contribution in [0.2, 0.25) is 0 Å². The molecule has 0 bridgehead atoms. The molecule has 2 nitrogen and oxygen atoms in total. The van der Waals surface area contributed by atoms with Crippen LogP contribution in [0.25, 0.3) is 0 Å². The maximum Gasteiger partial charge on any atom is 0.0544 e. The summed E-state index contributed by atoms with van der Waals surface area (Å²) in [5.74, 6) is 0.734. The van der Waals surface area contributed by atoms with E-state index in [4.69, 9.17) is 0 Å². The average Bonchev–Trinajstić information content (AvgIpc) is 2.37. The topological polar surface area (TPSA) is 24.9 Å². The number of nitrogens with one attached hydrogen (secondary N) is 1. The summed E-state index contributed by atoms with van der Waals surface area (Å²) >= 11 is 0. The molecular formula is C18H22N2. The highest BCUT2D eigenvalue weighted by Gasteiger charge is 2.29. The maximum absolute atomic E-state index is 4.53. The van der Waals surface area contributed by atoms with Crippen molar-refractivity contribution >= 4 is 0 Å². The molecular weight excluding hydrogens is 244 g/mol. The highest BCUT2D eigenvalue weighted by Crippen LogP contribution is 2.37. The lowest BCUT2D eigenvalue weighted by Gasteiger charge is -2.36. The van der Waals surface area contributed by atoms with Crippen LogP contribution in [0.15, 0.2) is 42.5 Å². The van der Waals surface area contributed by atoms with Crippen LogP contribution in [-0.4, -0.2) is 11.0 Å². The first-order chi connectivity index (χ1) is 9.70. The van der Waals surface area contributed by atoms with Crippen molar-refractivity contribution < 1.29 is 0 Å². The molecule has 0 aliphatic heterocycles. The van der Waals surface area contributed by atoms with E-state index < -0.39 is 0 Å². The summed E-state index contributed by atoms with van der Waals surface area (Å²) in [6.07, 6.45) is 2.49. The molecule has 104 valence electrons.